The van der Waals surface area contributed by atoms with Crippen LogP contribution in [0.25, 0.3) is 11.4 Å². The van der Waals surface area contributed by atoms with Gasteiger partial charge in [0.05, 0.1) is 24.6 Å². The number of aliphatic hydroxyl groups is 1. The van der Waals surface area contributed by atoms with Crippen LogP contribution in [-0.4, -0.2) is 46.1 Å². The fraction of sp³-hybridized carbons (Fsp3) is 0.500. The molecule has 9 heteroatoms. The van der Waals surface area contributed by atoms with Gasteiger partial charge < -0.3 is 24.3 Å². The summed E-state index contributed by atoms with van der Waals surface area (Å²) in [5.41, 5.74) is 1.35. The molecular weight excluding hydrogens is 420 g/mol. The van der Waals surface area contributed by atoms with Gasteiger partial charge in [0, 0.05) is 38.4 Å². The number of hydrogen-bond donors (Lipinski definition) is 2. The minimum atomic E-state index is -1.25. The Morgan fingerprint density at radius 3 is 2.58 bits per heavy atom. The molecule has 2 N–H and O–H groups in total. The van der Waals surface area contributed by atoms with E-state index in [9.17, 15) is 19.8 Å². The number of ether oxygens (including phenoxy) is 2. The highest BCUT2D eigenvalue weighted by molar-refractivity contribution is 7.59. The molecule has 3 rings (SSSR count). The van der Waals surface area contributed by atoms with E-state index in [1.54, 1.807) is 7.11 Å². The van der Waals surface area contributed by atoms with E-state index in [-0.39, 0.29) is 37.1 Å². The molecule has 2 aromatic heterocycles. The molecule has 1 atom stereocenters. The van der Waals surface area contributed by atoms with E-state index in [1.165, 1.54) is 12.3 Å². The van der Waals surface area contributed by atoms with Gasteiger partial charge in [0.25, 0.3) is 0 Å². The number of hydrogen-bond acceptors (Lipinski definition) is 6. The number of methoxy groups -OCH3 is 1. The number of rotatable bonds is 7. The third kappa shape index (κ3) is 5.11. The first-order valence-corrected chi connectivity index (χ1v) is 9.92. The number of carboxylic acids is 1. The van der Waals surface area contributed by atoms with Crippen LogP contribution in [-0.2, 0) is 17.8 Å². The van der Waals surface area contributed by atoms with Crippen molar-refractivity contribution >= 4 is 19.5 Å². The molecule has 1 aliphatic heterocycles. The zero-order valence-corrected chi connectivity index (χ0v) is 19.3. The second-order valence-corrected chi connectivity index (χ2v) is 8.53. The summed E-state index contributed by atoms with van der Waals surface area (Å²) in [7, 11) is 1.63. The Kier molecular flexibility index (Phi) is 7.91. The summed E-state index contributed by atoms with van der Waals surface area (Å²) in [6.45, 7) is 6.91. The fourth-order valence-corrected chi connectivity index (χ4v) is 3.76. The van der Waals surface area contributed by atoms with Gasteiger partial charge in [-0.2, -0.15) is 13.5 Å². The van der Waals surface area contributed by atoms with Crippen LogP contribution in [0.5, 0.6) is 5.75 Å². The Morgan fingerprint density at radius 2 is 2.00 bits per heavy atom. The molecular formula is C22H30N2O6S. The summed E-state index contributed by atoms with van der Waals surface area (Å²) in [6, 6.07) is 3.12. The zero-order chi connectivity index (χ0) is 22.1. The SMILES string of the molecule is COCCCOc1cc2c(nc1CO)-c1cc(=O)c(C(=O)O)cn1[C@H](C(C)(C)C)C2.S. The van der Waals surface area contributed by atoms with Crippen molar-refractivity contribution in [1.82, 2.24) is 9.55 Å². The summed E-state index contributed by atoms with van der Waals surface area (Å²) in [6.07, 6.45) is 2.72. The highest BCUT2D eigenvalue weighted by atomic mass is 32.1. The molecule has 1 aliphatic rings. The Labute approximate surface area is 188 Å². The van der Waals surface area contributed by atoms with Crippen molar-refractivity contribution in [3.63, 3.8) is 0 Å². The predicted octanol–water partition coefficient (Wildman–Crippen LogP) is 2.77. The minimum Gasteiger partial charge on any atom is -0.491 e. The first kappa shape index (κ1) is 24.9. The van der Waals surface area contributed by atoms with Gasteiger partial charge >= 0.3 is 5.97 Å². The number of carbonyl (C=O) groups is 1. The number of aromatic carboxylic acids is 1. The lowest BCUT2D eigenvalue weighted by Gasteiger charge is -2.38. The topological polar surface area (TPSA) is 111 Å². The van der Waals surface area contributed by atoms with Crippen LogP contribution in [0.4, 0.5) is 0 Å². The fourth-order valence-electron chi connectivity index (χ4n) is 3.76. The standard InChI is InChI=1S/C22H28N2O6.H2S/c1-22(2,3)19-9-13-8-18(30-7-5-6-29-4)15(12-25)23-20(13)16-10-17(26)14(21(27)28)11-24(16)19;/h8,10-11,19,25H,5-7,9,12H2,1-4H3,(H,27,28);1H2/t19-;/m0./s1. The predicted molar refractivity (Wildman–Crippen MR) is 121 cm³/mol. The normalized spacial score (nSPS) is 14.9. The number of aromatic nitrogens is 2. The van der Waals surface area contributed by atoms with Gasteiger partial charge in [0.1, 0.15) is 17.0 Å². The van der Waals surface area contributed by atoms with Crippen LogP contribution >= 0.6 is 13.5 Å². The van der Waals surface area contributed by atoms with Crippen molar-refractivity contribution < 1.29 is 24.5 Å². The van der Waals surface area contributed by atoms with Crippen molar-refractivity contribution in [2.45, 2.75) is 46.3 Å². The lowest BCUT2D eigenvalue weighted by molar-refractivity contribution is 0.0693. The van der Waals surface area contributed by atoms with Crippen molar-refractivity contribution in [2.24, 2.45) is 5.41 Å². The smallest absolute Gasteiger partial charge is 0.341 e. The zero-order valence-electron chi connectivity index (χ0n) is 18.3. The van der Waals surface area contributed by atoms with Gasteiger partial charge in [-0.1, -0.05) is 20.8 Å². The van der Waals surface area contributed by atoms with Gasteiger partial charge in [-0.25, -0.2) is 9.78 Å². The van der Waals surface area contributed by atoms with Gasteiger partial charge in [-0.3, -0.25) is 4.79 Å². The summed E-state index contributed by atoms with van der Waals surface area (Å²) in [4.78, 5) is 28.5. The molecule has 0 fully saturated rings. The Balaban J connectivity index is 0.00000341. The molecule has 0 saturated heterocycles. The van der Waals surface area contributed by atoms with Crippen LogP contribution in [0.15, 0.2) is 23.1 Å². The first-order valence-electron chi connectivity index (χ1n) is 9.92. The molecule has 0 aliphatic carbocycles. The van der Waals surface area contributed by atoms with Crippen LogP contribution < -0.4 is 10.2 Å². The van der Waals surface area contributed by atoms with Gasteiger partial charge in [0.15, 0.2) is 5.43 Å². The average molecular weight is 451 g/mol. The van der Waals surface area contributed by atoms with E-state index in [0.717, 1.165) is 5.56 Å². The maximum absolute atomic E-state index is 12.4. The van der Waals surface area contributed by atoms with E-state index in [2.05, 4.69) is 25.8 Å². The number of pyridine rings is 2. The lowest BCUT2D eigenvalue weighted by Crippen LogP contribution is -2.33. The molecule has 8 nitrogen and oxygen atoms in total. The molecule has 0 radical (unpaired) electrons. The number of nitrogens with zero attached hydrogens (tertiary/aromatic N) is 2. The van der Waals surface area contributed by atoms with Gasteiger partial charge in [-0.05, 0) is 23.5 Å². The van der Waals surface area contributed by atoms with E-state index in [1.807, 2.05) is 10.6 Å². The second kappa shape index (κ2) is 9.84. The first-order chi connectivity index (χ1) is 14.2. The number of fused-ring (bicyclic) bond motifs is 3. The monoisotopic (exact) mass is 450 g/mol. The molecule has 0 unspecified atom stereocenters. The minimum absolute atomic E-state index is 0. The molecule has 2 aromatic rings. The number of aliphatic hydroxyl groups excluding tert-OH is 1. The summed E-state index contributed by atoms with van der Waals surface area (Å²) >= 11 is 0. The summed E-state index contributed by atoms with van der Waals surface area (Å²) in [5.74, 6) is -0.740. The van der Waals surface area contributed by atoms with Crippen molar-refractivity contribution in [3.8, 4) is 17.1 Å². The highest BCUT2D eigenvalue weighted by Gasteiger charge is 2.34. The third-order valence-electron chi connectivity index (χ3n) is 5.34. The summed E-state index contributed by atoms with van der Waals surface area (Å²) in [5, 5.41) is 19.2. The van der Waals surface area contributed by atoms with Crippen LogP contribution in [0.3, 0.4) is 0 Å². The van der Waals surface area contributed by atoms with Crippen LogP contribution in [0, 0.1) is 5.41 Å². The molecule has 0 amide bonds. The quantitative estimate of drug-likeness (QED) is 0.624. The molecule has 0 aromatic carbocycles. The third-order valence-corrected chi connectivity index (χ3v) is 5.34. The Bertz CT molecular complexity index is 1010. The van der Waals surface area contributed by atoms with Crippen LogP contribution in [0.2, 0.25) is 0 Å². The maximum atomic E-state index is 12.4. The Hall–Kier alpha value is -2.36. The van der Waals surface area contributed by atoms with Gasteiger partial charge in [0.2, 0.25) is 0 Å². The van der Waals surface area contributed by atoms with Gasteiger partial charge in [-0.15, -0.1) is 0 Å². The van der Waals surface area contributed by atoms with E-state index in [4.69, 9.17) is 9.47 Å². The molecule has 3 heterocycles. The lowest BCUT2D eigenvalue weighted by atomic mass is 9.79. The molecule has 31 heavy (non-hydrogen) atoms. The Morgan fingerprint density at radius 1 is 1.29 bits per heavy atom. The highest BCUT2D eigenvalue weighted by Crippen LogP contribution is 2.43. The van der Waals surface area contributed by atoms with Crippen molar-refractivity contribution in [3.05, 3.63) is 45.4 Å². The molecule has 0 spiro atoms. The largest absolute Gasteiger partial charge is 0.491 e. The number of carboxylic acid groups (broad SMARTS) is 1. The van der Waals surface area contributed by atoms with Crippen molar-refractivity contribution in [1.29, 1.82) is 0 Å². The van der Waals surface area contributed by atoms with E-state index < -0.39 is 11.4 Å². The van der Waals surface area contributed by atoms with Crippen LogP contribution in [0.1, 0.15) is 54.8 Å². The average Bonchev–Trinajstić information content (AvgIpc) is 2.68. The van der Waals surface area contributed by atoms with E-state index in [0.29, 0.717) is 48.9 Å². The second-order valence-electron chi connectivity index (χ2n) is 8.53. The molecule has 0 saturated carbocycles. The van der Waals surface area contributed by atoms with E-state index >= 15 is 0 Å². The molecule has 170 valence electrons. The maximum Gasteiger partial charge on any atom is 0.341 e. The summed E-state index contributed by atoms with van der Waals surface area (Å²) < 4.78 is 12.7. The van der Waals surface area contributed by atoms with Crippen molar-refractivity contribution in [2.75, 3.05) is 20.3 Å². The molecule has 0 bridgehead atoms.